The van der Waals surface area contributed by atoms with E-state index in [-0.39, 0.29) is 5.69 Å². The fraction of sp³-hybridized carbons (Fsp3) is 0.400. The standard InChI is InChI=1S/C10H10F5NO2S/c11-7-4-6(16)5-8(12)9(7)19(17,18)3-1-2-10(13,14)15/h4-5H,1-3,16H2. The van der Waals surface area contributed by atoms with E-state index in [1.807, 2.05) is 0 Å². The first-order valence-electron chi connectivity index (χ1n) is 5.07. The van der Waals surface area contributed by atoms with Gasteiger partial charge in [0.25, 0.3) is 0 Å². The highest BCUT2D eigenvalue weighted by Gasteiger charge is 2.29. The lowest BCUT2D eigenvalue weighted by molar-refractivity contribution is -0.134. The van der Waals surface area contributed by atoms with Crippen molar-refractivity contribution in [3.05, 3.63) is 23.8 Å². The van der Waals surface area contributed by atoms with Crippen LogP contribution in [0.3, 0.4) is 0 Å². The number of anilines is 1. The fourth-order valence-corrected chi connectivity index (χ4v) is 2.88. The molecular weight excluding hydrogens is 293 g/mol. The van der Waals surface area contributed by atoms with Crippen LogP contribution in [0.25, 0.3) is 0 Å². The summed E-state index contributed by atoms with van der Waals surface area (Å²) in [5.74, 6) is -3.82. The van der Waals surface area contributed by atoms with Crippen molar-refractivity contribution in [2.75, 3.05) is 11.5 Å². The van der Waals surface area contributed by atoms with Crippen molar-refractivity contribution < 1.29 is 30.4 Å². The Morgan fingerprint density at radius 2 is 1.58 bits per heavy atom. The Bertz CT molecular complexity index is 545. The van der Waals surface area contributed by atoms with Gasteiger partial charge in [-0.25, -0.2) is 17.2 Å². The van der Waals surface area contributed by atoms with Gasteiger partial charge in [0.2, 0.25) is 0 Å². The van der Waals surface area contributed by atoms with E-state index in [9.17, 15) is 30.4 Å². The molecule has 0 aliphatic carbocycles. The van der Waals surface area contributed by atoms with Crippen LogP contribution in [0, 0.1) is 11.6 Å². The molecule has 0 amide bonds. The van der Waals surface area contributed by atoms with E-state index in [2.05, 4.69) is 0 Å². The second-order valence-corrected chi connectivity index (χ2v) is 5.90. The monoisotopic (exact) mass is 303 g/mol. The molecule has 0 fully saturated rings. The third-order valence-corrected chi connectivity index (χ3v) is 4.04. The zero-order chi connectivity index (χ0) is 14.8. The van der Waals surface area contributed by atoms with Gasteiger partial charge >= 0.3 is 6.18 Å². The van der Waals surface area contributed by atoms with Gasteiger partial charge in [0, 0.05) is 12.1 Å². The van der Waals surface area contributed by atoms with Gasteiger partial charge in [-0.05, 0) is 18.6 Å². The normalized spacial score (nSPS) is 12.7. The minimum absolute atomic E-state index is 0.316. The zero-order valence-electron chi connectivity index (χ0n) is 9.47. The maximum Gasteiger partial charge on any atom is 0.389 e. The molecule has 2 N–H and O–H groups in total. The molecule has 0 saturated carbocycles. The molecule has 19 heavy (non-hydrogen) atoms. The van der Waals surface area contributed by atoms with E-state index >= 15 is 0 Å². The van der Waals surface area contributed by atoms with Crippen LogP contribution < -0.4 is 5.73 Å². The van der Waals surface area contributed by atoms with E-state index < -0.39 is 51.1 Å². The summed E-state index contributed by atoms with van der Waals surface area (Å²) in [5, 5.41) is 0. The van der Waals surface area contributed by atoms with Crippen molar-refractivity contribution in [2.45, 2.75) is 23.9 Å². The van der Waals surface area contributed by atoms with Crippen LogP contribution in [0.1, 0.15) is 12.8 Å². The van der Waals surface area contributed by atoms with Gasteiger partial charge in [0.05, 0.1) is 5.75 Å². The Morgan fingerprint density at radius 3 is 2.00 bits per heavy atom. The second-order valence-electron chi connectivity index (χ2n) is 3.85. The molecule has 0 atom stereocenters. The van der Waals surface area contributed by atoms with Gasteiger partial charge < -0.3 is 5.73 Å². The van der Waals surface area contributed by atoms with Crippen LogP contribution in [-0.2, 0) is 9.84 Å². The van der Waals surface area contributed by atoms with Crippen molar-refractivity contribution >= 4 is 15.5 Å². The van der Waals surface area contributed by atoms with Crippen LogP contribution in [0.2, 0.25) is 0 Å². The molecule has 1 aromatic carbocycles. The summed E-state index contributed by atoms with van der Waals surface area (Å²) < 4.78 is 85.5. The van der Waals surface area contributed by atoms with Gasteiger partial charge in [0.15, 0.2) is 9.84 Å². The minimum atomic E-state index is -4.52. The van der Waals surface area contributed by atoms with Crippen molar-refractivity contribution in [1.29, 1.82) is 0 Å². The van der Waals surface area contributed by atoms with Gasteiger partial charge in [-0.2, -0.15) is 13.2 Å². The topological polar surface area (TPSA) is 60.2 Å². The Kier molecular flexibility index (Phi) is 4.39. The SMILES string of the molecule is Nc1cc(F)c(S(=O)(=O)CCCC(F)(F)F)c(F)c1. The van der Waals surface area contributed by atoms with Gasteiger partial charge in [-0.3, -0.25) is 0 Å². The summed E-state index contributed by atoms with van der Waals surface area (Å²) in [6, 6.07) is 1.19. The van der Waals surface area contributed by atoms with Crippen LogP contribution in [-0.4, -0.2) is 20.3 Å². The van der Waals surface area contributed by atoms with Crippen molar-refractivity contribution in [3.8, 4) is 0 Å². The zero-order valence-corrected chi connectivity index (χ0v) is 10.3. The van der Waals surface area contributed by atoms with Crippen molar-refractivity contribution in [2.24, 2.45) is 0 Å². The molecule has 1 aromatic rings. The van der Waals surface area contributed by atoms with Gasteiger partial charge in [-0.1, -0.05) is 0 Å². The Morgan fingerprint density at radius 1 is 1.11 bits per heavy atom. The molecule has 0 bridgehead atoms. The van der Waals surface area contributed by atoms with Crippen LogP contribution in [0.5, 0.6) is 0 Å². The third kappa shape index (κ3) is 4.34. The maximum atomic E-state index is 13.3. The third-order valence-electron chi connectivity index (χ3n) is 2.20. The highest BCUT2D eigenvalue weighted by atomic mass is 32.2. The van der Waals surface area contributed by atoms with Crippen LogP contribution in [0.15, 0.2) is 17.0 Å². The molecule has 9 heteroatoms. The number of sulfone groups is 1. The van der Waals surface area contributed by atoms with Gasteiger partial charge in [0.1, 0.15) is 16.5 Å². The minimum Gasteiger partial charge on any atom is -0.399 e. The summed E-state index contributed by atoms with van der Waals surface area (Å²) in [4.78, 5) is -1.25. The van der Waals surface area contributed by atoms with Crippen molar-refractivity contribution in [3.63, 3.8) is 0 Å². The first kappa shape index (κ1) is 15.7. The lowest BCUT2D eigenvalue weighted by atomic mass is 10.3. The average molecular weight is 303 g/mol. The first-order valence-corrected chi connectivity index (χ1v) is 6.72. The fourth-order valence-electron chi connectivity index (χ4n) is 1.44. The second kappa shape index (κ2) is 5.32. The Balaban J connectivity index is 2.96. The molecule has 0 aliphatic rings. The molecule has 3 nitrogen and oxygen atoms in total. The number of hydrogen-bond acceptors (Lipinski definition) is 3. The number of rotatable bonds is 4. The maximum absolute atomic E-state index is 13.3. The number of hydrogen-bond donors (Lipinski definition) is 1. The predicted octanol–water partition coefficient (Wildman–Crippen LogP) is 2.66. The van der Waals surface area contributed by atoms with E-state index in [1.165, 1.54) is 0 Å². The highest BCUT2D eigenvalue weighted by molar-refractivity contribution is 7.91. The van der Waals surface area contributed by atoms with Crippen molar-refractivity contribution in [1.82, 2.24) is 0 Å². The molecule has 0 saturated heterocycles. The average Bonchev–Trinajstić information content (AvgIpc) is 2.11. The molecule has 0 heterocycles. The summed E-state index contributed by atoms with van der Waals surface area (Å²) in [7, 11) is -4.47. The quantitative estimate of drug-likeness (QED) is 0.687. The number of alkyl halides is 3. The Labute approximate surface area is 106 Å². The number of nitrogen functional groups attached to an aromatic ring is 1. The summed E-state index contributed by atoms with van der Waals surface area (Å²) in [6.45, 7) is 0. The molecular formula is C10H10F5NO2S. The van der Waals surface area contributed by atoms with Crippen LogP contribution >= 0.6 is 0 Å². The number of benzene rings is 1. The van der Waals surface area contributed by atoms with Crippen LogP contribution in [0.4, 0.5) is 27.6 Å². The van der Waals surface area contributed by atoms with E-state index in [0.717, 1.165) is 0 Å². The lowest BCUT2D eigenvalue weighted by Gasteiger charge is -2.09. The molecule has 108 valence electrons. The highest BCUT2D eigenvalue weighted by Crippen LogP contribution is 2.26. The first-order chi connectivity index (χ1) is 8.53. The summed E-state index contributed by atoms with van der Waals surface area (Å²) in [6.07, 6.45) is -6.63. The molecule has 0 spiro atoms. The summed E-state index contributed by atoms with van der Waals surface area (Å²) in [5.41, 5.74) is 4.79. The number of halogens is 5. The lowest BCUT2D eigenvalue weighted by Crippen LogP contribution is -2.15. The molecule has 0 unspecified atom stereocenters. The number of nitrogens with two attached hydrogens (primary N) is 1. The van der Waals surface area contributed by atoms with Gasteiger partial charge in [-0.15, -0.1) is 0 Å². The molecule has 1 rings (SSSR count). The predicted molar refractivity (Wildman–Crippen MR) is 58.1 cm³/mol. The van der Waals surface area contributed by atoms with E-state index in [0.29, 0.717) is 12.1 Å². The smallest absolute Gasteiger partial charge is 0.389 e. The van der Waals surface area contributed by atoms with E-state index in [4.69, 9.17) is 5.73 Å². The molecule has 0 radical (unpaired) electrons. The van der Waals surface area contributed by atoms with E-state index in [1.54, 1.807) is 0 Å². The summed E-state index contributed by atoms with van der Waals surface area (Å²) >= 11 is 0. The Hall–Kier alpha value is -1.38. The molecule has 0 aliphatic heterocycles. The largest absolute Gasteiger partial charge is 0.399 e. The molecule has 0 aromatic heterocycles.